The number of nitrogens with one attached hydrogen (secondary N) is 1. The fourth-order valence-corrected chi connectivity index (χ4v) is 1.80. The van der Waals surface area contributed by atoms with Gasteiger partial charge in [0.15, 0.2) is 5.96 Å². The number of hydrogen-bond donors (Lipinski definition) is 2. The van der Waals surface area contributed by atoms with E-state index in [-0.39, 0.29) is 24.0 Å². The van der Waals surface area contributed by atoms with Gasteiger partial charge in [-0.1, -0.05) is 26.2 Å². The first-order valence-electron chi connectivity index (χ1n) is 7.29. The summed E-state index contributed by atoms with van der Waals surface area (Å²) in [6.45, 7) is 3.69. The molecule has 0 aliphatic heterocycles. The van der Waals surface area contributed by atoms with Gasteiger partial charge in [-0.2, -0.15) is 0 Å². The summed E-state index contributed by atoms with van der Waals surface area (Å²) in [4.78, 5) is 10.6. The number of rotatable bonds is 8. The van der Waals surface area contributed by atoms with Crippen LogP contribution >= 0.6 is 24.0 Å². The van der Waals surface area contributed by atoms with E-state index in [2.05, 4.69) is 22.2 Å². The van der Waals surface area contributed by atoms with Crippen molar-refractivity contribution in [3.05, 3.63) is 23.9 Å². The monoisotopic (exact) mass is 405 g/mol. The first-order valence-corrected chi connectivity index (χ1v) is 7.29. The van der Waals surface area contributed by atoms with Gasteiger partial charge in [0.1, 0.15) is 5.82 Å². The van der Waals surface area contributed by atoms with E-state index in [1.807, 2.05) is 31.1 Å². The minimum absolute atomic E-state index is 0. The van der Waals surface area contributed by atoms with Crippen LogP contribution in [0.1, 0.15) is 38.2 Å². The van der Waals surface area contributed by atoms with Crippen molar-refractivity contribution in [1.82, 2.24) is 10.3 Å². The lowest BCUT2D eigenvalue weighted by Gasteiger charge is -2.11. The molecule has 0 atom stereocenters. The predicted molar refractivity (Wildman–Crippen MR) is 101 cm³/mol. The van der Waals surface area contributed by atoms with Crippen LogP contribution in [0.25, 0.3) is 0 Å². The molecule has 1 aromatic heterocycles. The Morgan fingerprint density at radius 3 is 2.76 bits per heavy atom. The predicted octanol–water partition coefficient (Wildman–Crippen LogP) is 2.75. The summed E-state index contributed by atoms with van der Waals surface area (Å²) in [5, 5.41) is 3.15. The third kappa shape index (κ3) is 8.75. The molecule has 0 radical (unpaired) electrons. The van der Waals surface area contributed by atoms with E-state index >= 15 is 0 Å². The van der Waals surface area contributed by atoms with Crippen LogP contribution in [0.5, 0.6) is 0 Å². The summed E-state index contributed by atoms with van der Waals surface area (Å²) in [5.74, 6) is 1.45. The van der Waals surface area contributed by atoms with Crippen LogP contribution in [0, 0.1) is 0 Å². The van der Waals surface area contributed by atoms with E-state index in [1.165, 1.54) is 19.3 Å². The van der Waals surface area contributed by atoms with Crippen molar-refractivity contribution in [3.63, 3.8) is 0 Å². The van der Waals surface area contributed by atoms with Crippen LogP contribution in [0.3, 0.4) is 0 Å². The van der Waals surface area contributed by atoms with Gasteiger partial charge in [-0.05, 0) is 24.1 Å². The van der Waals surface area contributed by atoms with E-state index in [1.54, 1.807) is 6.20 Å². The molecule has 1 rings (SSSR count). The Hall–Kier alpha value is -1.05. The fourth-order valence-electron chi connectivity index (χ4n) is 1.80. The number of anilines is 1. The van der Waals surface area contributed by atoms with Gasteiger partial charge < -0.3 is 16.0 Å². The Morgan fingerprint density at radius 1 is 1.33 bits per heavy atom. The Kier molecular flexibility index (Phi) is 11.0. The zero-order valence-electron chi connectivity index (χ0n) is 13.3. The van der Waals surface area contributed by atoms with E-state index in [0.717, 1.165) is 24.3 Å². The van der Waals surface area contributed by atoms with E-state index in [4.69, 9.17) is 5.73 Å². The minimum atomic E-state index is 0. The minimum Gasteiger partial charge on any atom is -0.370 e. The zero-order chi connectivity index (χ0) is 14.8. The highest BCUT2D eigenvalue weighted by Gasteiger charge is 1.99. The topological polar surface area (TPSA) is 66.5 Å². The van der Waals surface area contributed by atoms with Gasteiger partial charge in [0.2, 0.25) is 0 Å². The van der Waals surface area contributed by atoms with E-state index in [9.17, 15) is 0 Å². The molecule has 5 nitrogen and oxygen atoms in total. The van der Waals surface area contributed by atoms with Crippen molar-refractivity contribution in [1.29, 1.82) is 0 Å². The zero-order valence-corrected chi connectivity index (χ0v) is 15.6. The molecule has 1 heterocycles. The highest BCUT2D eigenvalue weighted by molar-refractivity contribution is 14.0. The van der Waals surface area contributed by atoms with Crippen LogP contribution in [0.2, 0.25) is 0 Å². The van der Waals surface area contributed by atoms with Crippen LogP contribution in [0.15, 0.2) is 23.3 Å². The number of hydrogen-bond acceptors (Lipinski definition) is 3. The molecule has 0 amide bonds. The van der Waals surface area contributed by atoms with Crippen molar-refractivity contribution < 1.29 is 0 Å². The molecular weight excluding hydrogens is 377 g/mol. The lowest BCUT2D eigenvalue weighted by molar-refractivity contribution is 0.652. The number of aliphatic imine (C=N–C) groups is 1. The molecule has 0 bridgehead atoms. The fraction of sp³-hybridized carbons (Fsp3) is 0.600. The maximum atomic E-state index is 5.85. The SMILES string of the molecule is CCCCCCNC(N)=NCc1ccnc(N(C)C)c1.I. The highest BCUT2D eigenvalue weighted by atomic mass is 127. The maximum Gasteiger partial charge on any atom is 0.188 e. The Bertz CT molecular complexity index is 420. The average Bonchev–Trinajstić information content (AvgIpc) is 2.45. The van der Waals surface area contributed by atoms with Gasteiger partial charge in [0.05, 0.1) is 6.54 Å². The number of guanidine groups is 1. The van der Waals surface area contributed by atoms with Crippen LogP contribution in [-0.4, -0.2) is 31.6 Å². The first kappa shape index (κ1) is 19.9. The quantitative estimate of drug-likeness (QED) is 0.302. The van der Waals surface area contributed by atoms with Gasteiger partial charge in [0.25, 0.3) is 0 Å². The smallest absolute Gasteiger partial charge is 0.188 e. The van der Waals surface area contributed by atoms with Crippen molar-refractivity contribution in [2.75, 3.05) is 25.5 Å². The third-order valence-corrected chi connectivity index (χ3v) is 3.04. The largest absolute Gasteiger partial charge is 0.370 e. The van der Waals surface area contributed by atoms with E-state index < -0.39 is 0 Å². The molecule has 120 valence electrons. The molecule has 6 heteroatoms. The highest BCUT2D eigenvalue weighted by Crippen LogP contribution is 2.10. The Labute approximate surface area is 145 Å². The summed E-state index contributed by atoms with van der Waals surface area (Å²) < 4.78 is 0. The summed E-state index contributed by atoms with van der Waals surface area (Å²) in [6, 6.07) is 3.99. The number of halogens is 1. The summed E-state index contributed by atoms with van der Waals surface area (Å²) in [6.07, 6.45) is 6.72. The van der Waals surface area contributed by atoms with Crippen LogP contribution in [0.4, 0.5) is 5.82 Å². The van der Waals surface area contributed by atoms with Crippen LogP contribution in [-0.2, 0) is 6.54 Å². The number of unbranched alkanes of at least 4 members (excludes halogenated alkanes) is 3. The van der Waals surface area contributed by atoms with Crippen molar-refractivity contribution in [3.8, 4) is 0 Å². The summed E-state index contributed by atoms with van der Waals surface area (Å²) in [5.41, 5.74) is 6.96. The number of pyridine rings is 1. The second-order valence-electron chi connectivity index (χ2n) is 5.11. The lowest BCUT2D eigenvalue weighted by Crippen LogP contribution is -2.32. The number of aromatic nitrogens is 1. The number of nitrogens with two attached hydrogens (primary N) is 1. The second-order valence-corrected chi connectivity index (χ2v) is 5.11. The van der Waals surface area contributed by atoms with Gasteiger partial charge in [-0.15, -0.1) is 24.0 Å². The Balaban J connectivity index is 0.00000400. The molecule has 0 saturated carbocycles. The van der Waals surface area contributed by atoms with Crippen molar-refractivity contribution >= 4 is 35.8 Å². The Morgan fingerprint density at radius 2 is 2.10 bits per heavy atom. The molecule has 0 aliphatic carbocycles. The average molecular weight is 405 g/mol. The molecular formula is C15H28IN5. The first-order chi connectivity index (χ1) is 9.63. The third-order valence-electron chi connectivity index (χ3n) is 3.04. The maximum absolute atomic E-state index is 5.85. The summed E-state index contributed by atoms with van der Waals surface area (Å²) >= 11 is 0. The molecule has 0 saturated heterocycles. The van der Waals surface area contributed by atoms with Gasteiger partial charge in [-0.3, -0.25) is 0 Å². The van der Waals surface area contributed by atoms with Crippen LogP contribution < -0.4 is 16.0 Å². The molecule has 3 N–H and O–H groups in total. The molecule has 0 aromatic carbocycles. The molecule has 1 aromatic rings. The molecule has 0 aliphatic rings. The molecule has 0 spiro atoms. The van der Waals surface area contributed by atoms with Crippen molar-refractivity contribution in [2.45, 2.75) is 39.2 Å². The number of nitrogens with zero attached hydrogens (tertiary/aromatic N) is 3. The van der Waals surface area contributed by atoms with Gasteiger partial charge in [-0.25, -0.2) is 9.98 Å². The van der Waals surface area contributed by atoms with E-state index in [0.29, 0.717) is 12.5 Å². The molecule has 0 unspecified atom stereocenters. The molecule has 0 fully saturated rings. The normalized spacial score (nSPS) is 10.9. The standard InChI is InChI=1S/C15H27N5.HI/c1-4-5-6-7-9-18-15(16)19-12-13-8-10-17-14(11-13)20(2)3;/h8,10-11H,4-7,9,12H2,1-3H3,(H3,16,18,19);1H. The van der Waals surface area contributed by atoms with Gasteiger partial charge >= 0.3 is 0 Å². The van der Waals surface area contributed by atoms with Crippen molar-refractivity contribution in [2.24, 2.45) is 10.7 Å². The lowest BCUT2D eigenvalue weighted by atomic mass is 10.2. The summed E-state index contributed by atoms with van der Waals surface area (Å²) in [7, 11) is 3.95. The molecule has 21 heavy (non-hydrogen) atoms. The second kappa shape index (κ2) is 11.6. The van der Waals surface area contributed by atoms with Gasteiger partial charge in [0, 0.05) is 26.8 Å².